The zero-order valence-electron chi connectivity index (χ0n) is 9.15. The first-order chi connectivity index (χ1) is 7.34. The van der Waals surface area contributed by atoms with E-state index in [2.05, 4.69) is 15.1 Å². The van der Waals surface area contributed by atoms with Crippen molar-refractivity contribution >= 4 is 16.5 Å². The van der Waals surface area contributed by atoms with Crippen LogP contribution in [0.15, 0.2) is 0 Å². The third-order valence-corrected chi connectivity index (χ3v) is 4.65. The molecule has 1 aromatic heterocycles. The number of fused-ring (bicyclic) bond motifs is 1. The maximum Gasteiger partial charge on any atom is 0.208 e. The standard InChI is InChI=1S/C11H17N3S/c1-8-12-13-11(15-8)14-7-6-9-4-2-3-5-10(9)14/h9-10H,2-7H2,1H3. The SMILES string of the molecule is Cc1nnc(N2CCC3CCCCC32)s1. The van der Waals surface area contributed by atoms with E-state index >= 15 is 0 Å². The average molecular weight is 223 g/mol. The van der Waals surface area contributed by atoms with E-state index in [0.29, 0.717) is 0 Å². The molecule has 0 radical (unpaired) electrons. The molecule has 1 saturated heterocycles. The Kier molecular flexibility index (Phi) is 2.39. The van der Waals surface area contributed by atoms with Crippen LogP contribution in [0.5, 0.6) is 0 Å². The number of nitrogens with zero attached hydrogens (tertiary/aromatic N) is 3. The molecule has 2 unspecified atom stereocenters. The molecule has 1 saturated carbocycles. The molecule has 2 atom stereocenters. The van der Waals surface area contributed by atoms with Crippen LogP contribution in [0.25, 0.3) is 0 Å². The number of aromatic nitrogens is 2. The van der Waals surface area contributed by atoms with Crippen molar-refractivity contribution in [1.82, 2.24) is 10.2 Å². The highest BCUT2D eigenvalue weighted by Gasteiger charge is 2.36. The lowest BCUT2D eigenvalue weighted by Crippen LogP contribution is -2.34. The summed E-state index contributed by atoms with van der Waals surface area (Å²) in [7, 11) is 0. The molecule has 2 heterocycles. The van der Waals surface area contributed by atoms with Crippen LogP contribution in [-0.2, 0) is 0 Å². The molecule has 0 amide bonds. The van der Waals surface area contributed by atoms with Gasteiger partial charge in [0.15, 0.2) is 0 Å². The minimum atomic E-state index is 0.770. The highest BCUT2D eigenvalue weighted by molar-refractivity contribution is 7.15. The van der Waals surface area contributed by atoms with E-state index in [1.807, 2.05) is 6.92 Å². The fourth-order valence-electron chi connectivity index (χ4n) is 3.05. The van der Waals surface area contributed by atoms with Gasteiger partial charge in [0.1, 0.15) is 5.01 Å². The van der Waals surface area contributed by atoms with Gasteiger partial charge in [0.05, 0.1) is 0 Å². The Labute approximate surface area is 94.5 Å². The second kappa shape index (κ2) is 3.74. The molecule has 2 aliphatic rings. The van der Waals surface area contributed by atoms with Gasteiger partial charge in [-0.05, 0) is 32.1 Å². The number of hydrogen-bond donors (Lipinski definition) is 0. The van der Waals surface area contributed by atoms with Gasteiger partial charge >= 0.3 is 0 Å². The van der Waals surface area contributed by atoms with Gasteiger partial charge < -0.3 is 4.90 Å². The summed E-state index contributed by atoms with van der Waals surface area (Å²) in [5.74, 6) is 0.933. The van der Waals surface area contributed by atoms with Gasteiger partial charge in [0.25, 0.3) is 0 Å². The van der Waals surface area contributed by atoms with E-state index in [9.17, 15) is 0 Å². The lowest BCUT2D eigenvalue weighted by molar-refractivity contribution is 0.342. The van der Waals surface area contributed by atoms with E-state index < -0.39 is 0 Å². The molecule has 1 aliphatic heterocycles. The first-order valence-corrected chi connectivity index (χ1v) is 6.73. The van der Waals surface area contributed by atoms with Gasteiger partial charge in [-0.15, -0.1) is 10.2 Å². The Morgan fingerprint density at radius 1 is 1.20 bits per heavy atom. The first-order valence-electron chi connectivity index (χ1n) is 5.91. The number of aryl methyl sites for hydroxylation is 1. The summed E-state index contributed by atoms with van der Waals surface area (Å²) in [4.78, 5) is 2.51. The number of rotatable bonds is 1. The highest BCUT2D eigenvalue weighted by atomic mass is 32.1. The van der Waals surface area contributed by atoms with Crippen LogP contribution in [0.2, 0.25) is 0 Å². The Morgan fingerprint density at radius 3 is 2.87 bits per heavy atom. The molecule has 0 spiro atoms. The Bertz CT molecular complexity index is 349. The van der Waals surface area contributed by atoms with Crippen molar-refractivity contribution in [3.63, 3.8) is 0 Å². The van der Waals surface area contributed by atoms with Gasteiger partial charge in [0, 0.05) is 12.6 Å². The zero-order chi connectivity index (χ0) is 10.3. The Hall–Kier alpha value is -0.640. The molecule has 3 nitrogen and oxygen atoms in total. The predicted molar refractivity (Wildman–Crippen MR) is 62.4 cm³/mol. The quantitative estimate of drug-likeness (QED) is 0.733. The second-order valence-corrected chi connectivity index (χ2v) is 5.86. The van der Waals surface area contributed by atoms with Gasteiger partial charge in [-0.2, -0.15) is 0 Å². The fourth-order valence-corrected chi connectivity index (χ4v) is 3.82. The highest BCUT2D eigenvalue weighted by Crippen LogP contribution is 2.39. The normalized spacial score (nSPS) is 30.6. The summed E-state index contributed by atoms with van der Waals surface area (Å²) in [5, 5.41) is 10.7. The molecule has 15 heavy (non-hydrogen) atoms. The smallest absolute Gasteiger partial charge is 0.208 e. The van der Waals surface area contributed by atoms with Crippen LogP contribution in [-0.4, -0.2) is 22.8 Å². The molecule has 4 heteroatoms. The Morgan fingerprint density at radius 2 is 2.07 bits per heavy atom. The molecule has 2 fully saturated rings. The van der Waals surface area contributed by atoms with Crippen molar-refractivity contribution < 1.29 is 0 Å². The maximum atomic E-state index is 4.28. The summed E-state index contributed by atoms with van der Waals surface area (Å²) in [5.41, 5.74) is 0. The maximum absolute atomic E-state index is 4.28. The summed E-state index contributed by atoms with van der Waals surface area (Å²) in [6.45, 7) is 3.24. The molecule has 0 N–H and O–H groups in total. The molecule has 1 aliphatic carbocycles. The van der Waals surface area contributed by atoms with Crippen molar-refractivity contribution in [2.75, 3.05) is 11.4 Å². The van der Waals surface area contributed by atoms with E-state index in [-0.39, 0.29) is 0 Å². The monoisotopic (exact) mass is 223 g/mol. The van der Waals surface area contributed by atoms with Crippen molar-refractivity contribution in [2.45, 2.75) is 45.1 Å². The number of anilines is 1. The van der Waals surface area contributed by atoms with Crippen molar-refractivity contribution in [1.29, 1.82) is 0 Å². The fraction of sp³-hybridized carbons (Fsp3) is 0.818. The third kappa shape index (κ3) is 1.65. The van der Waals surface area contributed by atoms with Crippen LogP contribution in [0, 0.1) is 12.8 Å². The van der Waals surface area contributed by atoms with Crippen LogP contribution in [0.4, 0.5) is 5.13 Å². The number of hydrogen-bond acceptors (Lipinski definition) is 4. The molecule has 0 aromatic carbocycles. The summed E-state index contributed by atoms with van der Waals surface area (Å²) >= 11 is 1.74. The topological polar surface area (TPSA) is 29.0 Å². The third-order valence-electron chi connectivity index (χ3n) is 3.77. The van der Waals surface area contributed by atoms with Gasteiger partial charge in [-0.25, -0.2) is 0 Å². The Balaban J connectivity index is 1.82. The van der Waals surface area contributed by atoms with E-state index in [4.69, 9.17) is 0 Å². The molecule has 3 rings (SSSR count). The van der Waals surface area contributed by atoms with E-state index in [0.717, 1.165) is 22.1 Å². The molecular weight excluding hydrogens is 206 g/mol. The van der Waals surface area contributed by atoms with Crippen LogP contribution in [0.3, 0.4) is 0 Å². The predicted octanol–water partition coefficient (Wildman–Crippen LogP) is 2.62. The average Bonchev–Trinajstić information content (AvgIpc) is 2.83. The van der Waals surface area contributed by atoms with Gasteiger partial charge in [-0.3, -0.25) is 0 Å². The molecular formula is C11H17N3S. The molecule has 82 valence electrons. The van der Waals surface area contributed by atoms with Gasteiger partial charge in [-0.1, -0.05) is 24.2 Å². The van der Waals surface area contributed by atoms with Gasteiger partial charge in [0.2, 0.25) is 5.13 Å². The van der Waals surface area contributed by atoms with Crippen LogP contribution >= 0.6 is 11.3 Å². The van der Waals surface area contributed by atoms with E-state index in [1.165, 1.54) is 38.6 Å². The minimum Gasteiger partial charge on any atom is -0.343 e. The van der Waals surface area contributed by atoms with Crippen molar-refractivity contribution in [2.24, 2.45) is 5.92 Å². The van der Waals surface area contributed by atoms with Crippen molar-refractivity contribution in [3.8, 4) is 0 Å². The molecule has 0 bridgehead atoms. The lowest BCUT2D eigenvalue weighted by atomic mass is 9.85. The largest absolute Gasteiger partial charge is 0.343 e. The second-order valence-electron chi connectivity index (χ2n) is 4.70. The zero-order valence-corrected chi connectivity index (χ0v) is 9.96. The summed E-state index contributed by atoms with van der Waals surface area (Å²) in [6, 6.07) is 0.770. The van der Waals surface area contributed by atoms with Crippen molar-refractivity contribution in [3.05, 3.63) is 5.01 Å². The molecule has 1 aromatic rings. The summed E-state index contributed by atoms with van der Waals surface area (Å²) < 4.78 is 0. The van der Waals surface area contributed by atoms with E-state index in [1.54, 1.807) is 11.3 Å². The first kappa shape index (κ1) is 9.58. The summed E-state index contributed by atoms with van der Waals surface area (Å²) in [6.07, 6.45) is 6.99. The van der Waals surface area contributed by atoms with Crippen LogP contribution < -0.4 is 4.90 Å². The van der Waals surface area contributed by atoms with Crippen LogP contribution in [0.1, 0.15) is 37.1 Å². The minimum absolute atomic E-state index is 0.770. The lowest BCUT2D eigenvalue weighted by Gasteiger charge is -2.31.